The summed E-state index contributed by atoms with van der Waals surface area (Å²) in [5, 5.41) is 0. The summed E-state index contributed by atoms with van der Waals surface area (Å²) in [7, 11) is 0. The van der Waals surface area contributed by atoms with Crippen molar-refractivity contribution in [3.8, 4) is 0 Å². The second-order valence-electron chi connectivity index (χ2n) is 4.57. The minimum Gasteiger partial charge on any atom is -0.399 e. The highest BCUT2D eigenvalue weighted by atomic mass is 16.2. The zero-order valence-electron chi connectivity index (χ0n) is 10.7. The molecule has 4 N–H and O–H groups in total. The highest BCUT2D eigenvalue weighted by molar-refractivity contribution is 5.99. The van der Waals surface area contributed by atoms with E-state index in [2.05, 4.69) is 11.8 Å². The maximum absolute atomic E-state index is 12.3. The minimum absolute atomic E-state index is 0.00301. The van der Waals surface area contributed by atoms with E-state index in [1.54, 1.807) is 18.2 Å². The van der Waals surface area contributed by atoms with Crippen LogP contribution in [0.3, 0.4) is 0 Å². The summed E-state index contributed by atoms with van der Waals surface area (Å²) in [5.74, 6) is 0.00301. The number of nitrogen functional groups attached to an aromatic ring is 2. The number of likely N-dealkylation sites (N-methyl/N-ethyl adjacent to an activating group) is 1. The number of carbonyl (C=O) groups excluding carboxylic acids is 1. The van der Waals surface area contributed by atoms with Gasteiger partial charge in [0.2, 0.25) is 0 Å². The topological polar surface area (TPSA) is 75.6 Å². The van der Waals surface area contributed by atoms with Crippen molar-refractivity contribution in [3.63, 3.8) is 0 Å². The van der Waals surface area contributed by atoms with Crippen molar-refractivity contribution >= 4 is 17.3 Å². The van der Waals surface area contributed by atoms with Gasteiger partial charge in [-0.05, 0) is 24.7 Å². The lowest BCUT2D eigenvalue weighted by molar-refractivity contribution is 0.0644. The third-order valence-corrected chi connectivity index (χ3v) is 3.41. The van der Waals surface area contributed by atoms with Gasteiger partial charge in [-0.3, -0.25) is 4.79 Å². The number of hydrogen-bond donors (Lipinski definition) is 2. The van der Waals surface area contributed by atoms with E-state index < -0.39 is 0 Å². The van der Waals surface area contributed by atoms with Crippen molar-refractivity contribution < 1.29 is 4.79 Å². The summed E-state index contributed by atoms with van der Waals surface area (Å²) in [5.41, 5.74) is 13.1. The van der Waals surface area contributed by atoms with Crippen LogP contribution < -0.4 is 11.5 Å². The summed E-state index contributed by atoms with van der Waals surface area (Å²) in [6.07, 6.45) is 0. The molecule has 18 heavy (non-hydrogen) atoms. The lowest BCUT2D eigenvalue weighted by atomic mass is 10.1. The monoisotopic (exact) mass is 248 g/mol. The Morgan fingerprint density at radius 2 is 1.89 bits per heavy atom. The molecule has 5 nitrogen and oxygen atoms in total. The van der Waals surface area contributed by atoms with E-state index in [0.717, 1.165) is 32.7 Å². The van der Waals surface area contributed by atoms with Crippen molar-refractivity contribution in [2.24, 2.45) is 0 Å². The van der Waals surface area contributed by atoms with Crippen LogP contribution in [-0.2, 0) is 0 Å². The van der Waals surface area contributed by atoms with Crippen LogP contribution in [0.25, 0.3) is 0 Å². The molecule has 0 aromatic heterocycles. The molecule has 0 spiro atoms. The molecule has 0 unspecified atom stereocenters. The van der Waals surface area contributed by atoms with E-state index in [0.29, 0.717) is 16.9 Å². The summed E-state index contributed by atoms with van der Waals surface area (Å²) in [6, 6.07) is 5.06. The maximum Gasteiger partial charge on any atom is 0.256 e. The first-order valence-electron chi connectivity index (χ1n) is 6.28. The van der Waals surface area contributed by atoms with Crippen molar-refractivity contribution in [1.29, 1.82) is 0 Å². The maximum atomic E-state index is 12.3. The quantitative estimate of drug-likeness (QED) is 0.753. The predicted octanol–water partition coefficient (Wildman–Crippen LogP) is 0.629. The van der Waals surface area contributed by atoms with E-state index in [-0.39, 0.29) is 5.91 Å². The van der Waals surface area contributed by atoms with Gasteiger partial charge in [0.1, 0.15) is 0 Å². The number of nitrogens with two attached hydrogens (primary N) is 2. The normalized spacial score (nSPS) is 16.8. The second kappa shape index (κ2) is 5.27. The molecule has 1 aliphatic rings. The molecule has 0 saturated carbocycles. The van der Waals surface area contributed by atoms with Crippen molar-refractivity contribution in [1.82, 2.24) is 9.80 Å². The number of carbonyl (C=O) groups is 1. The molecule has 98 valence electrons. The van der Waals surface area contributed by atoms with Gasteiger partial charge in [-0.2, -0.15) is 0 Å². The first kappa shape index (κ1) is 12.7. The largest absolute Gasteiger partial charge is 0.399 e. The predicted molar refractivity (Wildman–Crippen MR) is 73.3 cm³/mol. The lowest BCUT2D eigenvalue weighted by Crippen LogP contribution is -2.48. The summed E-state index contributed by atoms with van der Waals surface area (Å²) >= 11 is 0. The van der Waals surface area contributed by atoms with Crippen LogP contribution in [0, 0.1) is 0 Å². The Labute approximate surface area is 107 Å². The number of anilines is 2. The van der Waals surface area contributed by atoms with Gasteiger partial charge >= 0.3 is 0 Å². The first-order chi connectivity index (χ1) is 8.61. The van der Waals surface area contributed by atoms with Crippen LogP contribution in [0.15, 0.2) is 18.2 Å². The van der Waals surface area contributed by atoms with E-state index >= 15 is 0 Å². The molecule has 1 heterocycles. The molecule has 0 atom stereocenters. The van der Waals surface area contributed by atoms with Gasteiger partial charge in [0.15, 0.2) is 0 Å². The summed E-state index contributed by atoms with van der Waals surface area (Å²) in [4.78, 5) is 16.5. The Morgan fingerprint density at radius 1 is 1.22 bits per heavy atom. The second-order valence-corrected chi connectivity index (χ2v) is 4.57. The molecule has 1 aromatic rings. The van der Waals surface area contributed by atoms with Gasteiger partial charge in [0.05, 0.1) is 5.56 Å². The number of piperazine rings is 1. The Kier molecular flexibility index (Phi) is 3.72. The molecule has 0 radical (unpaired) electrons. The Balaban J connectivity index is 2.08. The van der Waals surface area contributed by atoms with E-state index in [4.69, 9.17) is 11.5 Å². The molecule has 0 bridgehead atoms. The third-order valence-electron chi connectivity index (χ3n) is 3.41. The molecule has 1 fully saturated rings. The fraction of sp³-hybridized carbons (Fsp3) is 0.462. The smallest absolute Gasteiger partial charge is 0.256 e. The lowest BCUT2D eigenvalue weighted by Gasteiger charge is -2.34. The van der Waals surface area contributed by atoms with Gasteiger partial charge in [-0.25, -0.2) is 0 Å². The van der Waals surface area contributed by atoms with Gasteiger partial charge in [-0.1, -0.05) is 6.92 Å². The standard InChI is InChI=1S/C13H20N4O/c1-2-16-5-7-17(8-6-16)13(18)11-4-3-10(14)9-12(11)15/h3-4,9H,2,5-8,14-15H2,1H3. The minimum atomic E-state index is 0.00301. The molecule has 1 aliphatic heterocycles. The van der Waals surface area contributed by atoms with Gasteiger partial charge in [0.25, 0.3) is 5.91 Å². The Morgan fingerprint density at radius 3 is 2.44 bits per heavy atom. The molecule has 1 amide bonds. The zero-order valence-corrected chi connectivity index (χ0v) is 10.7. The highest BCUT2D eigenvalue weighted by Crippen LogP contribution is 2.18. The Bertz CT molecular complexity index is 439. The average Bonchev–Trinajstić information content (AvgIpc) is 2.38. The molecule has 0 aliphatic carbocycles. The molecular formula is C13H20N4O. The Hall–Kier alpha value is -1.75. The molecular weight excluding hydrogens is 228 g/mol. The van der Waals surface area contributed by atoms with Crippen LogP contribution in [0.1, 0.15) is 17.3 Å². The van der Waals surface area contributed by atoms with Crippen LogP contribution in [0.4, 0.5) is 11.4 Å². The molecule has 2 rings (SSSR count). The number of nitrogens with zero attached hydrogens (tertiary/aromatic N) is 2. The summed E-state index contributed by atoms with van der Waals surface area (Å²) < 4.78 is 0. The number of amides is 1. The van der Waals surface area contributed by atoms with E-state index in [9.17, 15) is 4.79 Å². The van der Waals surface area contributed by atoms with Gasteiger partial charge in [-0.15, -0.1) is 0 Å². The van der Waals surface area contributed by atoms with E-state index in [1.807, 2.05) is 4.90 Å². The fourth-order valence-corrected chi connectivity index (χ4v) is 2.21. The highest BCUT2D eigenvalue weighted by Gasteiger charge is 2.22. The van der Waals surface area contributed by atoms with E-state index in [1.165, 1.54) is 0 Å². The number of rotatable bonds is 2. The molecule has 1 aromatic carbocycles. The van der Waals surface area contributed by atoms with Crippen molar-refractivity contribution in [2.45, 2.75) is 6.92 Å². The average molecular weight is 248 g/mol. The van der Waals surface area contributed by atoms with Crippen LogP contribution in [-0.4, -0.2) is 48.4 Å². The zero-order chi connectivity index (χ0) is 13.1. The third kappa shape index (κ3) is 2.56. The molecule has 1 saturated heterocycles. The number of hydrogen-bond acceptors (Lipinski definition) is 4. The fourth-order valence-electron chi connectivity index (χ4n) is 2.21. The SMILES string of the molecule is CCN1CCN(C(=O)c2ccc(N)cc2N)CC1. The van der Waals surface area contributed by atoms with Gasteiger partial charge < -0.3 is 21.3 Å². The first-order valence-corrected chi connectivity index (χ1v) is 6.28. The van der Waals surface area contributed by atoms with Crippen LogP contribution in [0.2, 0.25) is 0 Å². The molecule has 5 heteroatoms. The van der Waals surface area contributed by atoms with Crippen molar-refractivity contribution in [2.75, 3.05) is 44.2 Å². The van der Waals surface area contributed by atoms with Crippen molar-refractivity contribution in [3.05, 3.63) is 23.8 Å². The number of benzene rings is 1. The summed E-state index contributed by atoms with van der Waals surface area (Å²) in [6.45, 7) is 6.54. The van der Waals surface area contributed by atoms with Crippen LogP contribution in [0.5, 0.6) is 0 Å². The van der Waals surface area contributed by atoms with Crippen LogP contribution >= 0.6 is 0 Å². The van der Waals surface area contributed by atoms with Gasteiger partial charge in [0, 0.05) is 37.6 Å².